The number of hydrogen-bond acceptors (Lipinski definition) is 2. The van der Waals surface area contributed by atoms with Crippen LogP contribution in [0, 0.1) is 5.41 Å². The van der Waals surface area contributed by atoms with Gasteiger partial charge in [0.15, 0.2) is 0 Å². The lowest BCUT2D eigenvalue weighted by molar-refractivity contribution is 0.129. The van der Waals surface area contributed by atoms with Crippen molar-refractivity contribution in [2.24, 2.45) is 5.41 Å². The summed E-state index contributed by atoms with van der Waals surface area (Å²) < 4.78 is 0. The number of nitrogens with one attached hydrogen (secondary N) is 1. The largest absolute Gasteiger partial charge is 0.311 e. The second-order valence-corrected chi connectivity index (χ2v) is 6.61. The molecule has 0 saturated carbocycles. The van der Waals surface area contributed by atoms with Crippen LogP contribution in [0.1, 0.15) is 26.3 Å². The van der Waals surface area contributed by atoms with E-state index in [0.717, 1.165) is 31.2 Å². The van der Waals surface area contributed by atoms with Crippen LogP contribution >= 0.6 is 11.6 Å². The summed E-state index contributed by atoms with van der Waals surface area (Å²) >= 11 is 6.23. The third-order valence-corrected chi connectivity index (χ3v) is 4.03. The molecule has 3 heteroatoms. The average molecular weight is 267 g/mol. The summed E-state index contributed by atoms with van der Waals surface area (Å²) in [6, 6.07) is 8.69. The van der Waals surface area contributed by atoms with E-state index < -0.39 is 0 Å². The van der Waals surface area contributed by atoms with E-state index in [9.17, 15) is 0 Å². The van der Waals surface area contributed by atoms with Gasteiger partial charge in [0.1, 0.15) is 0 Å². The van der Waals surface area contributed by atoms with Crippen molar-refractivity contribution < 1.29 is 0 Å². The highest BCUT2D eigenvalue weighted by atomic mass is 35.5. The number of benzene rings is 1. The fourth-order valence-corrected chi connectivity index (χ4v) is 2.60. The van der Waals surface area contributed by atoms with Gasteiger partial charge >= 0.3 is 0 Å². The first kappa shape index (κ1) is 13.9. The first-order valence-electron chi connectivity index (χ1n) is 6.66. The zero-order valence-electron chi connectivity index (χ0n) is 11.5. The van der Waals surface area contributed by atoms with Crippen LogP contribution in [-0.2, 0) is 6.54 Å². The minimum absolute atomic E-state index is 0.305. The highest BCUT2D eigenvalue weighted by molar-refractivity contribution is 6.31. The summed E-state index contributed by atoms with van der Waals surface area (Å²) in [6.07, 6.45) is 0. The van der Waals surface area contributed by atoms with Crippen molar-refractivity contribution in [3.8, 4) is 0 Å². The fourth-order valence-electron chi connectivity index (χ4n) is 2.40. The van der Waals surface area contributed by atoms with E-state index in [1.54, 1.807) is 0 Å². The number of piperazine rings is 1. The van der Waals surface area contributed by atoms with Crippen molar-refractivity contribution in [3.05, 3.63) is 34.9 Å². The number of halogens is 1. The van der Waals surface area contributed by atoms with Gasteiger partial charge < -0.3 is 5.32 Å². The van der Waals surface area contributed by atoms with E-state index in [1.165, 1.54) is 5.56 Å². The van der Waals surface area contributed by atoms with Crippen molar-refractivity contribution in [3.63, 3.8) is 0 Å². The van der Waals surface area contributed by atoms with Crippen LogP contribution in [0.4, 0.5) is 0 Å². The molecule has 1 unspecified atom stereocenters. The molecule has 0 aromatic heterocycles. The average Bonchev–Trinajstić information content (AvgIpc) is 2.31. The first-order valence-corrected chi connectivity index (χ1v) is 7.04. The molecular weight excluding hydrogens is 244 g/mol. The predicted octanol–water partition coefficient (Wildman–Crippen LogP) is 3.16. The van der Waals surface area contributed by atoms with E-state index in [-0.39, 0.29) is 0 Å². The molecule has 2 nitrogen and oxygen atoms in total. The minimum atomic E-state index is 0.305. The van der Waals surface area contributed by atoms with Gasteiger partial charge in [-0.3, -0.25) is 4.90 Å². The molecular formula is C15H23ClN2. The Bertz CT molecular complexity index is 398. The molecule has 100 valence electrons. The van der Waals surface area contributed by atoms with E-state index in [1.807, 2.05) is 12.1 Å². The molecule has 1 saturated heterocycles. The minimum Gasteiger partial charge on any atom is -0.311 e. The summed E-state index contributed by atoms with van der Waals surface area (Å²) in [6.45, 7) is 11.1. The standard InChI is InChI=1S/C15H23ClN2/c1-15(2,3)14-11-18(9-8-17-14)10-12-6-4-5-7-13(12)16/h4-7,14,17H,8-11H2,1-3H3. The Morgan fingerprint density at radius 3 is 2.72 bits per heavy atom. The van der Waals surface area contributed by atoms with Crippen LogP contribution < -0.4 is 5.32 Å². The quantitative estimate of drug-likeness (QED) is 0.885. The molecule has 1 N–H and O–H groups in total. The van der Waals surface area contributed by atoms with E-state index in [0.29, 0.717) is 11.5 Å². The Balaban J connectivity index is 2.00. The molecule has 1 aliphatic rings. The van der Waals surface area contributed by atoms with Crippen molar-refractivity contribution in [1.82, 2.24) is 10.2 Å². The Labute approximate surface area is 115 Å². The van der Waals surface area contributed by atoms with Crippen LogP contribution in [0.3, 0.4) is 0 Å². The number of rotatable bonds is 2. The summed E-state index contributed by atoms with van der Waals surface area (Å²) in [5.41, 5.74) is 1.54. The van der Waals surface area contributed by atoms with Crippen LogP contribution in [0.5, 0.6) is 0 Å². The maximum atomic E-state index is 6.23. The first-order chi connectivity index (χ1) is 8.47. The zero-order chi connectivity index (χ0) is 13.2. The Morgan fingerprint density at radius 1 is 1.33 bits per heavy atom. The molecule has 0 amide bonds. The second-order valence-electron chi connectivity index (χ2n) is 6.20. The van der Waals surface area contributed by atoms with Gasteiger partial charge in [-0.1, -0.05) is 50.6 Å². The van der Waals surface area contributed by atoms with Gasteiger partial charge in [0, 0.05) is 37.2 Å². The zero-order valence-corrected chi connectivity index (χ0v) is 12.3. The molecule has 1 heterocycles. The highest BCUT2D eigenvalue weighted by Crippen LogP contribution is 2.23. The number of nitrogens with zero attached hydrogens (tertiary/aromatic N) is 1. The molecule has 1 atom stereocenters. The van der Waals surface area contributed by atoms with E-state index in [4.69, 9.17) is 11.6 Å². The summed E-state index contributed by atoms with van der Waals surface area (Å²) in [4.78, 5) is 2.49. The van der Waals surface area contributed by atoms with Gasteiger partial charge in [-0.05, 0) is 17.0 Å². The van der Waals surface area contributed by atoms with Crippen LogP contribution in [0.2, 0.25) is 5.02 Å². The van der Waals surface area contributed by atoms with Crippen molar-refractivity contribution in [1.29, 1.82) is 0 Å². The fraction of sp³-hybridized carbons (Fsp3) is 0.600. The third-order valence-electron chi connectivity index (χ3n) is 3.66. The molecule has 18 heavy (non-hydrogen) atoms. The lowest BCUT2D eigenvalue weighted by atomic mass is 9.85. The SMILES string of the molecule is CC(C)(C)C1CN(Cc2ccccc2Cl)CCN1. The smallest absolute Gasteiger partial charge is 0.0451 e. The van der Waals surface area contributed by atoms with Crippen molar-refractivity contribution in [2.45, 2.75) is 33.4 Å². The predicted molar refractivity (Wildman–Crippen MR) is 78.0 cm³/mol. The van der Waals surface area contributed by atoms with E-state index >= 15 is 0 Å². The molecule has 1 aromatic carbocycles. The van der Waals surface area contributed by atoms with Gasteiger partial charge in [-0.15, -0.1) is 0 Å². The maximum Gasteiger partial charge on any atom is 0.0451 e. The topological polar surface area (TPSA) is 15.3 Å². The molecule has 2 rings (SSSR count). The molecule has 1 aromatic rings. The Kier molecular flexibility index (Phi) is 4.31. The van der Waals surface area contributed by atoms with Gasteiger partial charge in [-0.25, -0.2) is 0 Å². The molecule has 0 radical (unpaired) electrons. The normalized spacial score (nSPS) is 22.1. The lowest BCUT2D eigenvalue weighted by Crippen LogP contribution is -2.55. The van der Waals surface area contributed by atoms with Gasteiger partial charge in [0.2, 0.25) is 0 Å². The summed E-state index contributed by atoms with van der Waals surface area (Å²) in [5.74, 6) is 0. The molecule has 0 bridgehead atoms. The van der Waals surface area contributed by atoms with E-state index in [2.05, 4.69) is 43.1 Å². The Hall–Kier alpha value is -0.570. The molecule has 0 aliphatic carbocycles. The lowest BCUT2D eigenvalue weighted by Gasteiger charge is -2.40. The second kappa shape index (κ2) is 5.60. The van der Waals surface area contributed by atoms with Crippen LogP contribution in [-0.4, -0.2) is 30.6 Å². The van der Waals surface area contributed by atoms with Gasteiger partial charge in [-0.2, -0.15) is 0 Å². The monoisotopic (exact) mass is 266 g/mol. The molecule has 0 spiro atoms. The third kappa shape index (κ3) is 3.47. The van der Waals surface area contributed by atoms with Crippen molar-refractivity contribution >= 4 is 11.6 Å². The molecule has 1 fully saturated rings. The summed E-state index contributed by atoms with van der Waals surface area (Å²) in [7, 11) is 0. The Morgan fingerprint density at radius 2 is 2.06 bits per heavy atom. The van der Waals surface area contributed by atoms with Crippen LogP contribution in [0.15, 0.2) is 24.3 Å². The van der Waals surface area contributed by atoms with Gasteiger partial charge in [0.05, 0.1) is 0 Å². The van der Waals surface area contributed by atoms with Crippen molar-refractivity contribution in [2.75, 3.05) is 19.6 Å². The van der Waals surface area contributed by atoms with Gasteiger partial charge in [0.25, 0.3) is 0 Å². The molecule has 1 aliphatic heterocycles. The number of hydrogen-bond donors (Lipinski definition) is 1. The van der Waals surface area contributed by atoms with Crippen LogP contribution in [0.25, 0.3) is 0 Å². The maximum absolute atomic E-state index is 6.23. The highest BCUT2D eigenvalue weighted by Gasteiger charge is 2.29. The summed E-state index contributed by atoms with van der Waals surface area (Å²) in [5, 5.41) is 4.49.